The second-order valence-corrected chi connectivity index (χ2v) is 6.33. The van der Waals surface area contributed by atoms with Gasteiger partial charge in [-0.05, 0) is 30.5 Å². The molecule has 0 saturated carbocycles. The monoisotopic (exact) mass is 320 g/mol. The van der Waals surface area contributed by atoms with Crippen LogP contribution < -0.4 is 0 Å². The molecule has 1 unspecified atom stereocenters. The Morgan fingerprint density at radius 1 is 1.08 bits per heavy atom. The quantitative estimate of drug-likeness (QED) is 0.745. The van der Waals surface area contributed by atoms with E-state index in [1.165, 1.54) is 5.56 Å². The Kier molecular flexibility index (Phi) is 3.99. The number of hydrogen-bond donors (Lipinski definition) is 0. The van der Waals surface area contributed by atoms with E-state index in [4.69, 9.17) is 0 Å². The van der Waals surface area contributed by atoms with E-state index in [1.54, 1.807) is 4.68 Å². The molecule has 1 fully saturated rings. The molecule has 122 valence electrons. The Morgan fingerprint density at radius 3 is 2.75 bits per heavy atom. The molecule has 0 spiro atoms. The summed E-state index contributed by atoms with van der Waals surface area (Å²) in [5.41, 5.74) is 3.05. The summed E-state index contributed by atoms with van der Waals surface area (Å²) in [6.07, 6.45) is 2.18. The molecule has 1 atom stereocenters. The highest BCUT2D eigenvalue weighted by molar-refractivity contribution is 5.80. The van der Waals surface area contributed by atoms with E-state index in [-0.39, 0.29) is 12.5 Å². The van der Waals surface area contributed by atoms with Crippen LogP contribution in [0.2, 0.25) is 0 Å². The van der Waals surface area contributed by atoms with Crippen molar-refractivity contribution in [3.05, 3.63) is 60.2 Å². The Labute approximate surface area is 140 Å². The van der Waals surface area contributed by atoms with Gasteiger partial charge < -0.3 is 4.90 Å². The summed E-state index contributed by atoms with van der Waals surface area (Å²) in [4.78, 5) is 14.7. The molecule has 24 heavy (non-hydrogen) atoms. The molecule has 0 bridgehead atoms. The summed E-state index contributed by atoms with van der Waals surface area (Å²) >= 11 is 0. The minimum absolute atomic E-state index is 0.117. The Hall–Kier alpha value is -2.69. The zero-order valence-electron chi connectivity index (χ0n) is 13.5. The summed E-state index contributed by atoms with van der Waals surface area (Å²) in [5.74, 6) is 0.544. The van der Waals surface area contributed by atoms with Gasteiger partial charge in [0, 0.05) is 19.0 Å². The summed E-state index contributed by atoms with van der Waals surface area (Å²) in [5, 5.41) is 8.25. The van der Waals surface area contributed by atoms with Crippen LogP contribution in [0.4, 0.5) is 0 Å². The van der Waals surface area contributed by atoms with Crippen molar-refractivity contribution in [1.29, 1.82) is 0 Å². The minimum Gasteiger partial charge on any atom is -0.340 e. The van der Waals surface area contributed by atoms with Crippen LogP contribution in [0, 0.1) is 0 Å². The lowest BCUT2D eigenvalue weighted by molar-refractivity contribution is -0.133. The number of fused-ring (bicyclic) bond motifs is 1. The number of carbonyl (C=O) groups excluding carboxylic acids is 1. The maximum Gasteiger partial charge on any atom is 0.244 e. The molecule has 4 rings (SSSR count). The average Bonchev–Trinajstić information content (AvgIpc) is 3.06. The summed E-state index contributed by atoms with van der Waals surface area (Å²) in [6.45, 7) is 1.87. The predicted octanol–water partition coefficient (Wildman–Crippen LogP) is 2.84. The molecule has 1 aliphatic heterocycles. The van der Waals surface area contributed by atoms with Gasteiger partial charge in [-0.3, -0.25) is 4.79 Å². The number of hydrogen-bond acceptors (Lipinski definition) is 3. The van der Waals surface area contributed by atoms with Gasteiger partial charge in [-0.1, -0.05) is 47.7 Å². The zero-order chi connectivity index (χ0) is 16.4. The largest absolute Gasteiger partial charge is 0.340 e. The SMILES string of the molecule is O=C(Cn1nnc2ccccc21)N1CCCC(c2ccccc2)C1. The van der Waals surface area contributed by atoms with Crippen molar-refractivity contribution in [2.45, 2.75) is 25.3 Å². The molecule has 2 heterocycles. The van der Waals surface area contributed by atoms with E-state index in [9.17, 15) is 4.79 Å². The van der Waals surface area contributed by atoms with E-state index in [1.807, 2.05) is 35.2 Å². The van der Waals surface area contributed by atoms with Gasteiger partial charge in [0.05, 0.1) is 5.52 Å². The fraction of sp³-hybridized carbons (Fsp3) is 0.316. The number of piperidine rings is 1. The molecule has 1 saturated heterocycles. The number of nitrogens with zero attached hydrogens (tertiary/aromatic N) is 4. The standard InChI is InChI=1S/C19H20N4O/c24-19(14-23-18-11-5-4-10-17(18)20-21-23)22-12-6-9-16(13-22)15-7-2-1-3-8-15/h1-5,7-8,10-11,16H,6,9,12-14H2. The van der Waals surface area contributed by atoms with Gasteiger partial charge in [0.15, 0.2) is 0 Å². The van der Waals surface area contributed by atoms with Crippen LogP contribution in [0.1, 0.15) is 24.3 Å². The lowest BCUT2D eigenvalue weighted by Crippen LogP contribution is -2.41. The minimum atomic E-state index is 0.117. The first-order chi connectivity index (χ1) is 11.8. The van der Waals surface area contributed by atoms with Crippen LogP contribution in [-0.2, 0) is 11.3 Å². The number of para-hydroxylation sites is 1. The molecule has 5 nitrogen and oxygen atoms in total. The highest BCUT2D eigenvalue weighted by atomic mass is 16.2. The molecule has 0 N–H and O–H groups in total. The fourth-order valence-electron chi connectivity index (χ4n) is 3.46. The molecule has 3 aromatic rings. The molecule has 0 aliphatic carbocycles. The Balaban J connectivity index is 1.48. The average molecular weight is 320 g/mol. The topological polar surface area (TPSA) is 51.0 Å². The number of amides is 1. The molecule has 2 aromatic carbocycles. The van der Waals surface area contributed by atoms with Crippen LogP contribution in [-0.4, -0.2) is 38.9 Å². The van der Waals surface area contributed by atoms with Crippen molar-refractivity contribution >= 4 is 16.9 Å². The molecule has 1 aromatic heterocycles. The number of aromatic nitrogens is 3. The van der Waals surface area contributed by atoms with Crippen molar-refractivity contribution in [3.63, 3.8) is 0 Å². The third-order valence-corrected chi connectivity index (χ3v) is 4.75. The van der Waals surface area contributed by atoms with Crippen molar-refractivity contribution in [2.24, 2.45) is 0 Å². The van der Waals surface area contributed by atoms with Gasteiger partial charge in [-0.25, -0.2) is 4.68 Å². The van der Waals surface area contributed by atoms with Gasteiger partial charge in [0.2, 0.25) is 5.91 Å². The number of carbonyl (C=O) groups is 1. The van der Waals surface area contributed by atoms with E-state index in [0.29, 0.717) is 5.92 Å². The molecular weight excluding hydrogens is 300 g/mol. The van der Waals surface area contributed by atoms with Gasteiger partial charge in [-0.2, -0.15) is 0 Å². The van der Waals surface area contributed by atoms with Gasteiger partial charge >= 0.3 is 0 Å². The lowest BCUT2D eigenvalue weighted by atomic mass is 9.90. The van der Waals surface area contributed by atoms with Crippen molar-refractivity contribution in [3.8, 4) is 0 Å². The van der Waals surface area contributed by atoms with Crippen LogP contribution in [0.5, 0.6) is 0 Å². The first kappa shape index (κ1) is 14.9. The van der Waals surface area contributed by atoms with Crippen molar-refractivity contribution in [2.75, 3.05) is 13.1 Å². The second-order valence-electron chi connectivity index (χ2n) is 6.33. The third-order valence-electron chi connectivity index (χ3n) is 4.75. The zero-order valence-corrected chi connectivity index (χ0v) is 13.5. The Bertz CT molecular complexity index is 843. The summed E-state index contributed by atoms with van der Waals surface area (Å²) in [7, 11) is 0. The smallest absolute Gasteiger partial charge is 0.244 e. The summed E-state index contributed by atoms with van der Waals surface area (Å²) in [6, 6.07) is 18.2. The first-order valence-corrected chi connectivity index (χ1v) is 8.42. The molecule has 1 aliphatic rings. The van der Waals surface area contributed by atoms with Gasteiger partial charge in [0.1, 0.15) is 12.1 Å². The van der Waals surface area contributed by atoms with E-state index in [2.05, 4.69) is 34.6 Å². The molecule has 5 heteroatoms. The number of likely N-dealkylation sites (tertiary alicyclic amines) is 1. The number of benzene rings is 2. The van der Waals surface area contributed by atoms with E-state index < -0.39 is 0 Å². The maximum atomic E-state index is 12.7. The lowest BCUT2D eigenvalue weighted by Gasteiger charge is -2.33. The molecular formula is C19H20N4O. The Morgan fingerprint density at radius 2 is 1.88 bits per heavy atom. The van der Waals surface area contributed by atoms with E-state index in [0.717, 1.165) is 37.0 Å². The van der Waals surface area contributed by atoms with Crippen LogP contribution in [0.3, 0.4) is 0 Å². The van der Waals surface area contributed by atoms with Crippen molar-refractivity contribution in [1.82, 2.24) is 19.9 Å². The second kappa shape index (κ2) is 6.43. The van der Waals surface area contributed by atoms with E-state index >= 15 is 0 Å². The highest BCUT2D eigenvalue weighted by Crippen LogP contribution is 2.26. The highest BCUT2D eigenvalue weighted by Gasteiger charge is 2.25. The summed E-state index contributed by atoms with van der Waals surface area (Å²) < 4.78 is 1.70. The fourth-order valence-corrected chi connectivity index (χ4v) is 3.46. The maximum absolute atomic E-state index is 12.7. The van der Waals surface area contributed by atoms with Crippen LogP contribution >= 0.6 is 0 Å². The van der Waals surface area contributed by atoms with Crippen LogP contribution in [0.15, 0.2) is 54.6 Å². The third kappa shape index (κ3) is 2.89. The predicted molar refractivity (Wildman–Crippen MR) is 92.5 cm³/mol. The molecule has 0 radical (unpaired) electrons. The normalized spacial score (nSPS) is 18.0. The first-order valence-electron chi connectivity index (χ1n) is 8.42. The van der Waals surface area contributed by atoms with Crippen LogP contribution in [0.25, 0.3) is 11.0 Å². The molecule has 1 amide bonds. The van der Waals surface area contributed by atoms with Gasteiger partial charge in [-0.15, -0.1) is 5.10 Å². The van der Waals surface area contributed by atoms with Crippen molar-refractivity contribution < 1.29 is 4.79 Å². The van der Waals surface area contributed by atoms with Gasteiger partial charge in [0.25, 0.3) is 0 Å². The number of rotatable bonds is 3.